The summed E-state index contributed by atoms with van der Waals surface area (Å²) in [5, 5.41) is 20.1. The molecular weight excluding hydrogens is 292 g/mol. The summed E-state index contributed by atoms with van der Waals surface area (Å²) in [5.41, 5.74) is 3.81. The molecule has 1 N–H and O–H groups in total. The third kappa shape index (κ3) is 5.49. The minimum atomic E-state index is -1.41. The number of rotatable bonds is 6. The highest BCUT2D eigenvalue weighted by atomic mass is 16.4. The van der Waals surface area contributed by atoms with Crippen molar-refractivity contribution >= 4 is 17.3 Å². The van der Waals surface area contributed by atoms with Crippen molar-refractivity contribution in [3.63, 3.8) is 0 Å². The number of carbonyl (C=O) groups is 2. The number of fused-ring (bicyclic) bond motifs is 1. The van der Waals surface area contributed by atoms with Gasteiger partial charge < -0.3 is 15.0 Å². The molecule has 0 fully saturated rings. The summed E-state index contributed by atoms with van der Waals surface area (Å²) >= 11 is 0. The van der Waals surface area contributed by atoms with Crippen LogP contribution >= 0.6 is 0 Å². The van der Waals surface area contributed by atoms with Crippen LogP contribution in [0.1, 0.15) is 43.2 Å². The SMILES string of the molecule is O=C([O-])CC(=O)CC(O)/C=C/C=C1/CCCCc2ccccc21. The molecule has 122 valence electrons. The Hall–Kier alpha value is -2.20. The monoisotopic (exact) mass is 313 g/mol. The number of hydrogen-bond donors (Lipinski definition) is 1. The van der Waals surface area contributed by atoms with E-state index in [1.54, 1.807) is 6.08 Å². The zero-order chi connectivity index (χ0) is 16.7. The van der Waals surface area contributed by atoms with E-state index in [-0.39, 0.29) is 6.42 Å². The van der Waals surface area contributed by atoms with Crippen LogP contribution in [0.2, 0.25) is 0 Å². The molecule has 2 rings (SSSR count). The molecule has 0 radical (unpaired) electrons. The lowest BCUT2D eigenvalue weighted by Gasteiger charge is -2.08. The first-order valence-electron chi connectivity index (χ1n) is 7.91. The molecular formula is C19H21O4-. The van der Waals surface area contributed by atoms with Gasteiger partial charge in [0.1, 0.15) is 5.78 Å². The van der Waals surface area contributed by atoms with E-state index in [4.69, 9.17) is 0 Å². The lowest BCUT2D eigenvalue weighted by Crippen LogP contribution is -2.26. The van der Waals surface area contributed by atoms with Gasteiger partial charge in [-0.05, 0) is 42.4 Å². The van der Waals surface area contributed by atoms with Crippen LogP contribution in [-0.4, -0.2) is 23.0 Å². The van der Waals surface area contributed by atoms with Crippen molar-refractivity contribution in [1.82, 2.24) is 0 Å². The quantitative estimate of drug-likeness (QED) is 0.642. The molecule has 0 amide bonds. The van der Waals surface area contributed by atoms with Crippen LogP contribution < -0.4 is 5.11 Å². The maximum Gasteiger partial charge on any atom is 0.141 e. The van der Waals surface area contributed by atoms with Gasteiger partial charge in [-0.3, -0.25) is 4.79 Å². The van der Waals surface area contributed by atoms with Gasteiger partial charge in [0.05, 0.1) is 6.10 Å². The molecule has 0 heterocycles. The van der Waals surface area contributed by atoms with E-state index >= 15 is 0 Å². The largest absolute Gasteiger partial charge is 0.550 e. The second-order valence-corrected chi connectivity index (χ2v) is 5.80. The highest BCUT2D eigenvalue weighted by Gasteiger charge is 2.11. The number of Topliss-reactive ketones (excluding diaryl/α,β-unsaturated/α-hetero) is 1. The Balaban J connectivity index is 2.01. The number of carboxylic acids is 1. The second-order valence-electron chi connectivity index (χ2n) is 5.80. The summed E-state index contributed by atoms with van der Waals surface area (Å²) in [7, 11) is 0. The minimum absolute atomic E-state index is 0.204. The van der Waals surface area contributed by atoms with Crippen molar-refractivity contribution in [1.29, 1.82) is 0 Å². The van der Waals surface area contributed by atoms with Crippen molar-refractivity contribution in [2.24, 2.45) is 0 Å². The van der Waals surface area contributed by atoms with Crippen LogP contribution in [0.3, 0.4) is 0 Å². The number of hydrogen-bond acceptors (Lipinski definition) is 4. The van der Waals surface area contributed by atoms with Crippen molar-refractivity contribution in [3.8, 4) is 0 Å². The molecule has 0 bridgehead atoms. The van der Waals surface area contributed by atoms with Crippen LogP contribution in [0.4, 0.5) is 0 Å². The Kier molecular flexibility index (Phi) is 6.29. The van der Waals surface area contributed by atoms with E-state index in [0.29, 0.717) is 0 Å². The molecule has 1 atom stereocenters. The topological polar surface area (TPSA) is 77.4 Å². The fourth-order valence-corrected chi connectivity index (χ4v) is 2.82. The van der Waals surface area contributed by atoms with Crippen molar-refractivity contribution in [2.75, 3.05) is 0 Å². The van der Waals surface area contributed by atoms with Gasteiger partial charge in [-0.25, -0.2) is 0 Å². The summed E-state index contributed by atoms with van der Waals surface area (Å²) in [4.78, 5) is 21.6. The zero-order valence-corrected chi connectivity index (χ0v) is 13.0. The van der Waals surface area contributed by atoms with E-state index in [9.17, 15) is 19.8 Å². The number of aryl methyl sites for hydroxylation is 1. The maximum atomic E-state index is 11.3. The highest BCUT2D eigenvalue weighted by Crippen LogP contribution is 2.29. The average molecular weight is 313 g/mol. The fourth-order valence-electron chi connectivity index (χ4n) is 2.82. The minimum Gasteiger partial charge on any atom is -0.550 e. The van der Waals surface area contributed by atoms with Gasteiger partial charge >= 0.3 is 0 Å². The zero-order valence-electron chi connectivity index (χ0n) is 13.0. The predicted octanol–water partition coefficient (Wildman–Crippen LogP) is 1.81. The summed E-state index contributed by atoms with van der Waals surface area (Å²) < 4.78 is 0. The molecule has 4 heteroatoms. The van der Waals surface area contributed by atoms with Crippen molar-refractivity contribution < 1.29 is 19.8 Å². The molecule has 1 aromatic rings. The van der Waals surface area contributed by atoms with Crippen molar-refractivity contribution in [3.05, 3.63) is 53.6 Å². The molecule has 1 aliphatic carbocycles. The van der Waals surface area contributed by atoms with E-state index < -0.39 is 24.3 Å². The number of aliphatic hydroxyl groups is 1. The number of ketones is 1. The Bertz CT molecular complexity index is 628. The number of benzene rings is 1. The highest BCUT2D eigenvalue weighted by molar-refractivity contribution is 5.94. The normalized spacial score (nSPS) is 17.7. The Morgan fingerprint density at radius 2 is 1.96 bits per heavy atom. The number of carbonyl (C=O) groups excluding carboxylic acids is 2. The van der Waals surface area contributed by atoms with Crippen LogP contribution in [0.15, 0.2) is 42.5 Å². The molecule has 1 aromatic carbocycles. The van der Waals surface area contributed by atoms with E-state index in [2.05, 4.69) is 12.1 Å². The first-order valence-corrected chi connectivity index (χ1v) is 7.91. The van der Waals surface area contributed by atoms with Crippen LogP contribution in [0.5, 0.6) is 0 Å². The third-order valence-electron chi connectivity index (χ3n) is 3.91. The number of aliphatic hydroxyl groups excluding tert-OH is 1. The number of carboxylic acid groups (broad SMARTS) is 1. The Labute approximate surface area is 136 Å². The lowest BCUT2D eigenvalue weighted by atomic mass is 9.98. The average Bonchev–Trinajstić information content (AvgIpc) is 2.69. The van der Waals surface area contributed by atoms with E-state index in [1.807, 2.05) is 18.2 Å². The van der Waals surface area contributed by atoms with Gasteiger partial charge in [-0.1, -0.05) is 42.5 Å². The van der Waals surface area contributed by atoms with Crippen molar-refractivity contribution in [2.45, 2.75) is 44.6 Å². The predicted molar refractivity (Wildman–Crippen MR) is 86.4 cm³/mol. The third-order valence-corrected chi connectivity index (χ3v) is 3.91. The lowest BCUT2D eigenvalue weighted by molar-refractivity contribution is -0.304. The standard InChI is InChI=1S/C19H22O4/c20-16(12-17(21)13-19(22)23)10-5-9-15-7-2-1-6-14-8-3-4-11-18(14)15/h3-5,8-11,16,20H,1-2,6-7,12-13H2,(H,22,23)/p-1/b10-5+,15-9-. The van der Waals surface area contributed by atoms with Gasteiger partial charge in [0, 0.05) is 18.8 Å². The summed E-state index contributed by atoms with van der Waals surface area (Å²) in [5.74, 6) is -1.95. The van der Waals surface area contributed by atoms with Crippen LogP contribution in [0, 0.1) is 0 Å². The molecule has 0 saturated heterocycles. The molecule has 0 saturated carbocycles. The van der Waals surface area contributed by atoms with Gasteiger partial charge in [-0.2, -0.15) is 0 Å². The maximum absolute atomic E-state index is 11.3. The van der Waals surface area contributed by atoms with Gasteiger partial charge in [0.25, 0.3) is 0 Å². The van der Waals surface area contributed by atoms with Gasteiger partial charge in [-0.15, -0.1) is 0 Å². The first kappa shape index (κ1) is 17.2. The molecule has 4 nitrogen and oxygen atoms in total. The molecule has 0 spiro atoms. The van der Waals surface area contributed by atoms with E-state index in [0.717, 1.165) is 19.3 Å². The summed E-state index contributed by atoms with van der Waals surface area (Å²) in [6, 6.07) is 8.32. The summed E-state index contributed by atoms with van der Waals surface area (Å²) in [6.07, 6.45) is 7.76. The molecule has 0 aromatic heterocycles. The van der Waals surface area contributed by atoms with Gasteiger partial charge in [0.2, 0.25) is 0 Å². The smallest absolute Gasteiger partial charge is 0.141 e. The number of aliphatic carboxylic acids is 1. The molecule has 0 aliphatic heterocycles. The fraction of sp³-hybridized carbons (Fsp3) is 0.368. The number of allylic oxidation sites excluding steroid dienone is 3. The first-order chi connectivity index (χ1) is 11.1. The van der Waals surface area contributed by atoms with Crippen LogP contribution in [0.25, 0.3) is 5.57 Å². The molecule has 1 unspecified atom stereocenters. The van der Waals surface area contributed by atoms with Crippen LogP contribution in [-0.2, 0) is 16.0 Å². The Morgan fingerprint density at radius 3 is 2.74 bits per heavy atom. The van der Waals surface area contributed by atoms with Gasteiger partial charge in [0.15, 0.2) is 0 Å². The second kappa shape index (κ2) is 8.44. The Morgan fingerprint density at radius 1 is 1.22 bits per heavy atom. The van der Waals surface area contributed by atoms with E-state index in [1.165, 1.54) is 29.2 Å². The molecule has 1 aliphatic rings. The molecule has 23 heavy (non-hydrogen) atoms. The summed E-state index contributed by atoms with van der Waals surface area (Å²) in [6.45, 7) is 0.